The Balaban J connectivity index is 1.91. The number of nitrogens with zero attached hydrogens (tertiary/aromatic N) is 2. The van der Waals surface area contributed by atoms with Gasteiger partial charge in [0.2, 0.25) is 12.2 Å². The highest BCUT2D eigenvalue weighted by molar-refractivity contribution is 8.01. The first kappa shape index (κ1) is 8.42. The lowest BCUT2D eigenvalue weighted by atomic mass is 9.92. The minimum atomic E-state index is 0.144. The van der Waals surface area contributed by atoms with Gasteiger partial charge in [-0.25, -0.2) is 19.6 Å². The van der Waals surface area contributed by atoms with Crippen LogP contribution in [0, 0.1) is 11.8 Å². The van der Waals surface area contributed by atoms with Crippen molar-refractivity contribution in [1.29, 1.82) is 0 Å². The second-order valence-electron chi connectivity index (χ2n) is 4.05. The molecule has 4 bridgehead atoms. The summed E-state index contributed by atoms with van der Waals surface area (Å²) >= 11 is 1.84. The summed E-state index contributed by atoms with van der Waals surface area (Å²) in [5, 5.41) is 0.794. The van der Waals surface area contributed by atoms with E-state index in [2.05, 4.69) is 9.98 Å². The lowest BCUT2D eigenvalue weighted by Gasteiger charge is -2.17. The van der Waals surface area contributed by atoms with E-state index in [1.165, 1.54) is 0 Å². The van der Waals surface area contributed by atoms with Gasteiger partial charge in [0.25, 0.3) is 0 Å². The van der Waals surface area contributed by atoms with Crippen molar-refractivity contribution in [3.63, 3.8) is 0 Å². The second kappa shape index (κ2) is 2.80. The van der Waals surface area contributed by atoms with Crippen LogP contribution in [-0.2, 0) is 9.59 Å². The molecule has 0 amide bonds. The van der Waals surface area contributed by atoms with Crippen LogP contribution in [0.5, 0.6) is 0 Å². The lowest BCUT2D eigenvalue weighted by molar-refractivity contribution is 0.431. The molecule has 2 saturated heterocycles. The van der Waals surface area contributed by atoms with Crippen LogP contribution in [0.3, 0.4) is 0 Å². The van der Waals surface area contributed by atoms with Crippen LogP contribution in [0.4, 0.5) is 0 Å². The summed E-state index contributed by atoms with van der Waals surface area (Å²) in [6.07, 6.45) is 4.37. The molecule has 5 heteroatoms. The zero-order valence-electron chi connectivity index (χ0n) is 7.29. The molecule has 6 atom stereocenters. The van der Waals surface area contributed by atoms with Gasteiger partial charge in [-0.15, -0.1) is 11.8 Å². The van der Waals surface area contributed by atoms with Gasteiger partial charge in [-0.2, -0.15) is 0 Å². The Morgan fingerprint density at radius 1 is 1.00 bits per heavy atom. The third-order valence-electron chi connectivity index (χ3n) is 3.66. The number of isocyanates is 2. The SMILES string of the molecule is O=C=NC1C2CC3C(N=C=O)C2SC31. The summed E-state index contributed by atoms with van der Waals surface area (Å²) in [6, 6.07) is 0.288. The van der Waals surface area contributed by atoms with Crippen molar-refractivity contribution in [3.8, 4) is 0 Å². The molecule has 4 nitrogen and oxygen atoms in total. The van der Waals surface area contributed by atoms with Crippen LogP contribution in [0.2, 0.25) is 0 Å². The molecule has 0 aromatic rings. The first-order valence-corrected chi connectivity index (χ1v) is 5.60. The molecule has 2 saturated carbocycles. The largest absolute Gasteiger partial charge is 0.235 e. The summed E-state index contributed by atoms with van der Waals surface area (Å²) in [7, 11) is 0. The molecule has 2 heterocycles. The van der Waals surface area contributed by atoms with E-state index in [0.29, 0.717) is 22.3 Å². The Bertz CT molecular complexity index is 321. The van der Waals surface area contributed by atoms with Crippen LogP contribution in [0.1, 0.15) is 6.42 Å². The van der Waals surface area contributed by atoms with E-state index >= 15 is 0 Å². The highest BCUT2D eigenvalue weighted by Gasteiger charge is 2.66. The minimum Gasteiger partial charge on any atom is -0.211 e. The van der Waals surface area contributed by atoms with Gasteiger partial charge in [-0.05, 0) is 18.3 Å². The van der Waals surface area contributed by atoms with Crippen molar-refractivity contribution in [1.82, 2.24) is 0 Å². The molecule has 0 aromatic heterocycles. The average molecular weight is 208 g/mol. The van der Waals surface area contributed by atoms with Gasteiger partial charge in [-0.3, -0.25) is 0 Å². The van der Waals surface area contributed by atoms with Crippen LogP contribution in [-0.4, -0.2) is 34.7 Å². The number of hydrogen-bond acceptors (Lipinski definition) is 5. The van der Waals surface area contributed by atoms with Crippen molar-refractivity contribution >= 4 is 23.9 Å². The topological polar surface area (TPSA) is 58.9 Å². The molecule has 0 aromatic carbocycles. The van der Waals surface area contributed by atoms with E-state index in [4.69, 9.17) is 0 Å². The number of hydrogen-bond donors (Lipinski definition) is 0. The van der Waals surface area contributed by atoms with Gasteiger partial charge in [-0.1, -0.05) is 0 Å². The molecule has 4 aliphatic rings. The van der Waals surface area contributed by atoms with Gasteiger partial charge in [0.05, 0.1) is 12.1 Å². The van der Waals surface area contributed by atoms with E-state index in [1.54, 1.807) is 12.2 Å². The molecule has 4 rings (SSSR count). The Kier molecular flexibility index (Phi) is 1.68. The van der Waals surface area contributed by atoms with Gasteiger partial charge in [0, 0.05) is 10.5 Å². The van der Waals surface area contributed by atoms with E-state index in [0.717, 1.165) is 6.42 Å². The van der Waals surface area contributed by atoms with Crippen molar-refractivity contribution in [2.45, 2.75) is 29.0 Å². The van der Waals surface area contributed by atoms with Crippen LogP contribution >= 0.6 is 11.8 Å². The quantitative estimate of drug-likeness (QED) is 0.491. The van der Waals surface area contributed by atoms with Crippen molar-refractivity contribution in [2.75, 3.05) is 0 Å². The number of carbonyl (C=O) groups excluding carboxylic acids is 2. The molecular formula is C9H8N2O2S. The van der Waals surface area contributed by atoms with Gasteiger partial charge < -0.3 is 0 Å². The molecule has 72 valence electrons. The van der Waals surface area contributed by atoms with Gasteiger partial charge >= 0.3 is 0 Å². The maximum atomic E-state index is 10.2. The third-order valence-corrected chi connectivity index (χ3v) is 5.54. The fraction of sp³-hybridized carbons (Fsp3) is 0.778. The molecule has 14 heavy (non-hydrogen) atoms. The smallest absolute Gasteiger partial charge is 0.211 e. The fourth-order valence-electron chi connectivity index (χ4n) is 3.25. The third kappa shape index (κ3) is 0.825. The molecule has 6 unspecified atom stereocenters. The minimum absolute atomic E-state index is 0.144. The Hall–Kier alpha value is -0.890. The Morgan fingerprint density at radius 3 is 1.79 bits per heavy atom. The van der Waals surface area contributed by atoms with Gasteiger partial charge in [0.1, 0.15) is 0 Å². The molecule has 0 spiro atoms. The number of aliphatic imine (C=N–C) groups is 2. The van der Waals surface area contributed by atoms with E-state index in [1.807, 2.05) is 11.8 Å². The Labute approximate surface area is 84.9 Å². The van der Waals surface area contributed by atoms with Gasteiger partial charge in [0.15, 0.2) is 0 Å². The van der Waals surface area contributed by atoms with Crippen LogP contribution in [0.15, 0.2) is 9.98 Å². The predicted octanol–water partition coefficient (Wildman–Crippen LogP) is 0.529. The molecule has 4 fully saturated rings. The maximum Gasteiger partial charge on any atom is 0.235 e. The molecule has 2 aliphatic heterocycles. The number of thioether (sulfide) groups is 1. The molecule has 0 radical (unpaired) electrons. The standard InChI is InChI=1S/C9H8N2O2S/c12-2-10-6-4-1-5-7(11-3-13)9(4)14-8(5)6/h4-9H,1H2. The highest BCUT2D eigenvalue weighted by atomic mass is 32.2. The molecular weight excluding hydrogens is 200 g/mol. The Morgan fingerprint density at radius 2 is 1.50 bits per heavy atom. The fourth-order valence-corrected chi connectivity index (χ4v) is 5.41. The zero-order valence-corrected chi connectivity index (χ0v) is 8.11. The normalized spacial score (nSPS) is 51.7. The second-order valence-corrected chi connectivity index (χ2v) is 5.41. The lowest BCUT2D eigenvalue weighted by Crippen LogP contribution is -2.31. The first-order valence-electron chi connectivity index (χ1n) is 4.66. The summed E-state index contributed by atoms with van der Waals surface area (Å²) in [4.78, 5) is 28.2. The molecule has 2 aliphatic carbocycles. The average Bonchev–Trinajstić information content (AvgIpc) is 2.86. The van der Waals surface area contributed by atoms with E-state index < -0.39 is 0 Å². The van der Waals surface area contributed by atoms with Crippen molar-refractivity contribution in [2.24, 2.45) is 21.8 Å². The number of rotatable bonds is 2. The predicted molar refractivity (Wildman–Crippen MR) is 50.6 cm³/mol. The zero-order chi connectivity index (χ0) is 9.71. The van der Waals surface area contributed by atoms with Crippen molar-refractivity contribution in [3.05, 3.63) is 0 Å². The summed E-state index contributed by atoms with van der Waals surface area (Å²) < 4.78 is 0. The maximum absolute atomic E-state index is 10.2. The summed E-state index contributed by atoms with van der Waals surface area (Å²) in [5.41, 5.74) is 0. The summed E-state index contributed by atoms with van der Waals surface area (Å²) in [5.74, 6) is 0.886. The molecule has 0 N–H and O–H groups in total. The van der Waals surface area contributed by atoms with Crippen molar-refractivity contribution < 1.29 is 9.59 Å². The first-order chi connectivity index (χ1) is 6.86. The summed E-state index contributed by atoms with van der Waals surface area (Å²) in [6.45, 7) is 0. The van der Waals surface area contributed by atoms with Crippen LogP contribution in [0.25, 0.3) is 0 Å². The monoisotopic (exact) mass is 208 g/mol. The highest BCUT2D eigenvalue weighted by Crippen LogP contribution is 2.64. The van der Waals surface area contributed by atoms with Crippen LogP contribution < -0.4 is 0 Å². The van der Waals surface area contributed by atoms with E-state index in [-0.39, 0.29) is 12.1 Å². The van der Waals surface area contributed by atoms with E-state index in [9.17, 15) is 9.59 Å².